The van der Waals surface area contributed by atoms with Crippen molar-refractivity contribution in [1.29, 1.82) is 5.26 Å². The zero-order chi connectivity index (χ0) is 23.0. The van der Waals surface area contributed by atoms with Crippen molar-refractivity contribution >= 4 is 55.2 Å². The number of pyridine rings is 2. The third kappa shape index (κ3) is 3.93. The van der Waals surface area contributed by atoms with Crippen LogP contribution in [0.2, 0.25) is 0 Å². The molecule has 166 valence electrons. The van der Waals surface area contributed by atoms with E-state index >= 15 is 0 Å². The SMILES string of the molecule is CCC(I)(c1ccc(F)cc1)N1CCN(c2c(C#N)c(=O)n(C)c3ccc(Br)nc23)CC1. The summed E-state index contributed by atoms with van der Waals surface area (Å²) < 4.78 is 15.3. The van der Waals surface area contributed by atoms with E-state index in [0.717, 1.165) is 25.1 Å². The highest BCUT2D eigenvalue weighted by Crippen LogP contribution is 2.40. The number of aryl methyl sites for hydroxylation is 1. The molecular formula is C23H22BrFIN5O. The van der Waals surface area contributed by atoms with Gasteiger partial charge in [-0.1, -0.05) is 41.6 Å². The summed E-state index contributed by atoms with van der Waals surface area (Å²) in [5.41, 5.74) is 2.80. The van der Waals surface area contributed by atoms with Crippen LogP contribution in [0.5, 0.6) is 0 Å². The van der Waals surface area contributed by atoms with Crippen molar-refractivity contribution in [2.24, 2.45) is 7.05 Å². The van der Waals surface area contributed by atoms with Gasteiger partial charge in [0.1, 0.15) is 27.6 Å². The molecule has 6 nitrogen and oxygen atoms in total. The monoisotopic (exact) mass is 609 g/mol. The van der Waals surface area contributed by atoms with Crippen molar-refractivity contribution in [2.45, 2.75) is 16.9 Å². The summed E-state index contributed by atoms with van der Waals surface area (Å²) in [5, 5.41) is 9.80. The fourth-order valence-corrected chi connectivity index (χ4v) is 5.53. The van der Waals surface area contributed by atoms with Crippen molar-refractivity contribution in [3.8, 4) is 6.07 Å². The molecular weight excluding hydrogens is 588 g/mol. The highest BCUT2D eigenvalue weighted by molar-refractivity contribution is 14.1. The van der Waals surface area contributed by atoms with Crippen molar-refractivity contribution in [2.75, 3.05) is 31.1 Å². The number of nitrogens with zero attached hydrogens (tertiary/aromatic N) is 5. The minimum atomic E-state index is -0.315. The van der Waals surface area contributed by atoms with Crippen LogP contribution in [-0.4, -0.2) is 40.6 Å². The number of nitriles is 1. The number of hydrogen-bond acceptors (Lipinski definition) is 5. The number of hydrogen-bond donors (Lipinski definition) is 0. The summed E-state index contributed by atoms with van der Waals surface area (Å²) in [7, 11) is 1.66. The smallest absolute Gasteiger partial charge is 0.270 e. The zero-order valence-corrected chi connectivity index (χ0v) is 21.5. The Labute approximate surface area is 207 Å². The number of anilines is 1. The van der Waals surface area contributed by atoms with Gasteiger partial charge in [0.05, 0.1) is 14.7 Å². The Balaban J connectivity index is 1.70. The molecule has 32 heavy (non-hydrogen) atoms. The van der Waals surface area contributed by atoms with Gasteiger partial charge in [0, 0.05) is 33.2 Å². The van der Waals surface area contributed by atoms with Gasteiger partial charge in [-0.25, -0.2) is 9.37 Å². The van der Waals surface area contributed by atoms with Crippen LogP contribution in [-0.2, 0) is 10.6 Å². The molecule has 3 aromatic rings. The number of alkyl halides is 1. The van der Waals surface area contributed by atoms with E-state index in [2.05, 4.69) is 66.3 Å². The molecule has 9 heteroatoms. The molecule has 3 heterocycles. The molecule has 1 atom stereocenters. The first-order valence-corrected chi connectivity index (χ1v) is 12.2. The van der Waals surface area contributed by atoms with E-state index in [9.17, 15) is 14.4 Å². The van der Waals surface area contributed by atoms with Gasteiger partial charge in [0.25, 0.3) is 5.56 Å². The molecule has 0 N–H and O–H groups in total. The fraction of sp³-hybridized carbons (Fsp3) is 0.348. The number of aromatic nitrogens is 2. The average molecular weight is 610 g/mol. The zero-order valence-electron chi connectivity index (χ0n) is 17.8. The summed E-state index contributed by atoms with van der Waals surface area (Å²) in [6, 6.07) is 12.5. The maximum absolute atomic E-state index is 13.5. The normalized spacial score (nSPS) is 16.7. The Hall–Kier alpha value is -2.03. The molecule has 1 aromatic carbocycles. The van der Waals surface area contributed by atoms with Gasteiger partial charge in [0.2, 0.25) is 0 Å². The lowest BCUT2D eigenvalue weighted by Gasteiger charge is -2.45. The number of fused-ring (bicyclic) bond motifs is 1. The van der Waals surface area contributed by atoms with Crippen molar-refractivity contribution in [1.82, 2.24) is 14.5 Å². The molecule has 0 saturated carbocycles. The highest BCUT2D eigenvalue weighted by Gasteiger charge is 2.37. The number of rotatable bonds is 4. The predicted molar refractivity (Wildman–Crippen MR) is 136 cm³/mol. The minimum absolute atomic E-state index is 0.119. The van der Waals surface area contributed by atoms with Crippen LogP contribution < -0.4 is 10.5 Å². The van der Waals surface area contributed by atoms with Crippen LogP contribution in [0.4, 0.5) is 10.1 Å². The minimum Gasteiger partial charge on any atom is -0.366 e. The second-order valence-corrected chi connectivity index (χ2v) is 10.4. The quantitative estimate of drug-likeness (QED) is 0.188. The average Bonchev–Trinajstić information content (AvgIpc) is 2.81. The number of halogens is 3. The first-order chi connectivity index (χ1) is 15.3. The standard InChI is InChI=1S/C23H22BrFIN5O/c1-3-23(26,15-4-6-16(25)7-5-15)31-12-10-30(11-13-31)21-17(14-27)22(32)29(2)18-8-9-19(24)28-20(18)21/h4-9H,3,10-13H2,1-2H3. The molecule has 1 aliphatic rings. The number of benzene rings is 1. The largest absolute Gasteiger partial charge is 0.366 e. The highest BCUT2D eigenvalue weighted by atomic mass is 127. The first-order valence-electron chi connectivity index (χ1n) is 10.3. The maximum atomic E-state index is 13.5. The molecule has 1 aliphatic heterocycles. The van der Waals surface area contributed by atoms with E-state index in [1.807, 2.05) is 18.2 Å². The lowest BCUT2D eigenvalue weighted by Crippen LogP contribution is -2.53. The van der Waals surface area contributed by atoms with Crippen molar-refractivity contribution < 1.29 is 4.39 Å². The van der Waals surface area contributed by atoms with Crippen molar-refractivity contribution in [3.05, 3.63) is 68.3 Å². The fourth-order valence-electron chi connectivity index (χ4n) is 4.38. The van der Waals surface area contributed by atoms with E-state index in [1.165, 1.54) is 16.7 Å². The molecule has 0 bridgehead atoms. The lowest BCUT2D eigenvalue weighted by atomic mass is 10.0. The Bertz CT molecular complexity index is 1260. The molecule has 4 rings (SSSR count). The third-order valence-corrected chi connectivity index (χ3v) is 8.65. The molecule has 0 spiro atoms. The molecule has 1 fully saturated rings. The van der Waals surface area contributed by atoms with Crippen LogP contribution in [0.3, 0.4) is 0 Å². The van der Waals surface area contributed by atoms with Gasteiger partial charge in [-0.05, 0) is 52.2 Å². The van der Waals surface area contributed by atoms with Crippen LogP contribution in [0, 0.1) is 17.1 Å². The van der Waals surface area contributed by atoms with E-state index in [1.54, 1.807) is 13.1 Å². The van der Waals surface area contributed by atoms with Gasteiger partial charge in [-0.3, -0.25) is 9.69 Å². The second-order valence-electron chi connectivity index (χ2n) is 7.80. The number of piperazine rings is 1. The Morgan fingerprint density at radius 1 is 1.19 bits per heavy atom. The van der Waals surface area contributed by atoms with E-state index in [-0.39, 0.29) is 20.5 Å². The Morgan fingerprint density at radius 2 is 1.84 bits per heavy atom. The summed E-state index contributed by atoms with van der Waals surface area (Å²) in [4.78, 5) is 22.0. The van der Waals surface area contributed by atoms with Gasteiger partial charge in [0.15, 0.2) is 0 Å². The van der Waals surface area contributed by atoms with E-state index < -0.39 is 0 Å². The summed E-state index contributed by atoms with van der Waals surface area (Å²) in [6.07, 6.45) is 0.867. The van der Waals surface area contributed by atoms with Crippen LogP contribution in [0.15, 0.2) is 45.8 Å². The topological polar surface area (TPSA) is 65.2 Å². The maximum Gasteiger partial charge on any atom is 0.270 e. The molecule has 1 saturated heterocycles. The van der Waals surface area contributed by atoms with E-state index in [0.29, 0.717) is 34.4 Å². The Morgan fingerprint density at radius 3 is 2.44 bits per heavy atom. The molecule has 0 aliphatic carbocycles. The second kappa shape index (κ2) is 9.08. The summed E-state index contributed by atoms with van der Waals surface area (Å²) in [5.74, 6) is -0.242. The molecule has 0 radical (unpaired) electrons. The van der Waals surface area contributed by atoms with Crippen molar-refractivity contribution in [3.63, 3.8) is 0 Å². The summed E-state index contributed by atoms with van der Waals surface area (Å²) >= 11 is 5.88. The van der Waals surface area contributed by atoms with Gasteiger partial charge in [-0.15, -0.1) is 0 Å². The molecule has 0 amide bonds. The van der Waals surface area contributed by atoms with Gasteiger partial charge < -0.3 is 9.47 Å². The van der Waals surface area contributed by atoms with Crippen LogP contribution in [0.25, 0.3) is 11.0 Å². The summed E-state index contributed by atoms with van der Waals surface area (Å²) in [6.45, 7) is 4.91. The van der Waals surface area contributed by atoms with Crippen LogP contribution >= 0.6 is 38.5 Å². The van der Waals surface area contributed by atoms with Crippen LogP contribution in [0.1, 0.15) is 24.5 Å². The molecule has 2 aromatic heterocycles. The first kappa shape index (κ1) is 23.1. The predicted octanol–water partition coefficient (Wildman–Crippen LogP) is 4.53. The lowest BCUT2D eigenvalue weighted by molar-refractivity contribution is 0.166. The third-order valence-electron chi connectivity index (χ3n) is 6.14. The van der Waals surface area contributed by atoms with Gasteiger partial charge in [-0.2, -0.15) is 5.26 Å². The Kier molecular flexibility index (Phi) is 6.56. The molecule has 1 unspecified atom stereocenters. The van der Waals surface area contributed by atoms with Gasteiger partial charge >= 0.3 is 0 Å². The van der Waals surface area contributed by atoms with E-state index in [4.69, 9.17) is 0 Å².